The molecule has 2 fully saturated rings. The first-order valence-corrected chi connectivity index (χ1v) is 9.74. The van der Waals surface area contributed by atoms with Crippen molar-refractivity contribution < 1.29 is 13.9 Å². The lowest BCUT2D eigenvalue weighted by molar-refractivity contribution is 0.0915. The first-order valence-electron chi connectivity index (χ1n) is 8.93. The summed E-state index contributed by atoms with van der Waals surface area (Å²) in [5.41, 5.74) is 0.664. The van der Waals surface area contributed by atoms with Crippen LogP contribution >= 0.6 is 11.3 Å². The largest absolute Gasteiger partial charge is 0.380 e. The van der Waals surface area contributed by atoms with E-state index in [2.05, 4.69) is 10.2 Å². The number of ether oxygens (including phenoxy) is 1. The number of fused-ring (bicyclic) bond motifs is 2. The second-order valence-electron chi connectivity index (χ2n) is 6.92. The second kappa shape index (κ2) is 7.02. The van der Waals surface area contributed by atoms with Gasteiger partial charge in [0.1, 0.15) is 5.82 Å². The third-order valence-electron chi connectivity index (χ3n) is 5.43. The topological polar surface area (TPSA) is 41.6 Å². The molecular formula is C19H23FN2O2S. The number of thiophene rings is 1. The summed E-state index contributed by atoms with van der Waals surface area (Å²) in [5.74, 6) is -0.385. The molecule has 134 valence electrons. The number of halogens is 1. The van der Waals surface area contributed by atoms with Gasteiger partial charge < -0.3 is 10.1 Å². The SMILES string of the molecule is COCc1c(C(=O)N[C@@H]2CCN3CCCC[C@@H]23)sc2cccc(F)c12. The molecule has 0 saturated carbocycles. The fraction of sp³-hybridized carbons (Fsp3) is 0.526. The average molecular weight is 362 g/mol. The summed E-state index contributed by atoms with van der Waals surface area (Å²) in [5, 5.41) is 3.74. The molecule has 2 aliphatic heterocycles. The molecule has 1 aromatic heterocycles. The van der Waals surface area contributed by atoms with Gasteiger partial charge in [-0.25, -0.2) is 4.39 Å². The third kappa shape index (κ3) is 3.07. The van der Waals surface area contributed by atoms with Gasteiger partial charge >= 0.3 is 0 Å². The molecule has 1 aromatic carbocycles. The molecule has 6 heteroatoms. The predicted octanol–water partition coefficient (Wildman–Crippen LogP) is 3.54. The Balaban J connectivity index is 1.61. The van der Waals surface area contributed by atoms with Crippen LogP contribution in [0.2, 0.25) is 0 Å². The molecule has 2 aliphatic rings. The van der Waals surface area contributed by atoms with Crippen LogP contribution < -0.4 is 5.32 Å². The maximum absolute atomic E-state index is 14.3. The van der Waals surface area contributed by atoms with Crippen molar-refractivity contribution in [1.82, 2.24) is 10.2 Å². The highest BCUT2D eigenvalue weighted by Crippen LogP contribution is 2.34. The summed E-state index contributed by atoms with van der Waals surface area (Å²) in [6, 6.07) is 5.63. The van der Waals surface area contributed by atoms with Crippen LogP contribution in [0, 0.1) is 5.82 Å². The number of nitrogens with zero attached hydrogens (tertiary/aromatic N) is 1. The molecule has 2 aromatic rings. The third-order valence-corrected chi connectivity index (χ3v) is 6.63. The van der Waals surface area contributed by atoms with Gasteiger partial charge in [-0.3, -0.25) is 9.69 Å². The molecule has 0 bridgehead atoms. The minimum atomic E-state index is -0.292. The standard InChI is InChI=1S/C19H23FN2O2S/c1-24-11-12-17-13(20)5-4-7-16(17)25-18(12)19(23)21-14-8-10-22-9-3-2-6-15(14)22/h4-5,7,14-15H,2-3,6,8-11H2,1H3,(H,21,23)/t14-,15+/m1/s1. The molecule has 1 N–H and O–H groups in total. The normalized spacial score (nSPS) is 23.8. The number of carbonyl (C=O) groups is 1. The van der Waals surface area contributed by atoms with E-state index in [1.54, 1.807) is 13.2 Å². The molecule has 4 nitrogen and oxygen atoms in total. The van der Waals surface area contributed by atoms with Gasteiger partial charge in [0, 0.05) is 41.4 Å². The average Bonchev–Trinajstić information content (AvgIpc) is 3.18. The summed E-state index contributed by atoms with van der Waals surface area (Å²) in [6.07, 6.45) is 4.63. The molecule has 0 radical (unpaired) electrons. The number of hydrogen-bond donors (Lipinski definition) is 1. The Morgan fingerprint density at radius 1 is 1.36 bits per heavy atom. The van der Waals surface area contributed by atoms with E-state index in [1.165, 1.54) is 30.2 Å². The Hall–Kier alpha value is -1.50. The maximum Gasteiger partial charge on any atom is 0.262 e. The summed E-state index contributed by atoms with van der Waals surface area (Å²) >= 11 is 1.35. The van der Waals surface area contributed by atoms with E-state index in [-0.39, 0.29) is 24.4 Å². The van der Waals surface area contributed by atoms with E-state index < -0.39 is 0 Å². The molecule has 1 amide bonds. The minimum absolute atomic E-state index is 0.0925. The first-order chi connectivity index (χ1) is 12.2. The number of carbonyl (C=O) groups excluding carboxylic acids is 1. The monoisotopic (exact) mass is 362 g/mol. The molecule has 4 rings (SSSR count). The molecule has 0 spiro atoms. The van der Waals surface area contributed by atoms with Crippen molar-refractivity contribution in [3.05, 3.63) is 34.5 Å². The Labute approximate surface area is 151 Å². The van der Waals surface area contributed by atoms with Gasteiger partial charge in [-0.1, -0.05) is 12.5 Å². The lowest BCUT2D eigenvalue weighted by Crippen LogP contribution is -2.46. The molecule has 2 saturated heterocycles. The smallest absolute Gasteiger partial charge is 0.262 e. The van der Waals surface area contributed by atoms with Gasteiger partial charge in [-0.2, -0.15) is 0 Å². The van der Waals surface area contributed by atoms with E-state index in [1.807, 2.05) is 6.07 Å². The summed E-state index contributed by atoms with van der Waals surface area (Å²) in [7, 11) is 1.57. The fourth-order valence-electron chi connectivity index (χ4n) is 4.28. The zero-order valence-electron chi connectivity index (χ0n) is 14.4. The molecule has 25 heavy (non-hydrogen) atoms. The number of nitrogens with one attached hydrogen (secondary N) is 1. The zero-order valence-corrected chi connectivity index (χ0v) is 15.2. The van der Waals surface area contributed by atoms with E-state index in [9.17, 15) is 9.18 Å². The number of piperidine rings is 1. The minimum Gasteiger partial charge on any atom is -0.380 e. The summed E-state index contributed by atoms with van der Waals surface area (Å²) in [4.78, 5) is 16.0. The van der Waals surface area contributed by atoms with Gasteiger partial charge in [-0.15, -0.1) is 11.3 Å². The fourth-order valence-corrected chi connectivity index (χ4v) is 5.41. The quantitative estimate of drug-likeness (QED) is 0.904. The van der Waals surface area contributed by atoms with E-state index in [0.29, 0.717) is 21.9 Å². The highest BCUT2D eigenvalue weighted by molar-refractivity contribution is 7.21. The van der Waals surface area contributed by atoms with Crippen molar-refractivity contribution in [3.8, 4) is 0 Å². The molecule has 2 atom stereocenters. The lowest BCUT2D eigenvalue weighted by Gasteiger charge is -2.32. The van der Waals surface area contributed by atoms with Crippen LogP contribution in [-0.2, 0) is 11.3 Å². The summed E-state index contributed by atoms with van der Waals surface area (Å²) < 4.78 is 20.3. The van der Waals surface area contributed by atoms with Crippen molar-refractivity contribution in [1.29, 1.82) is 0 Å². The van der Waals surface area contributed by atoms with Gasteiger partial charge in [-0.05, 0) is 37.9 Å². The van der Waals surface area contributed by atoms with Crippen LogP contribution in [0.1, 0.15) is 40.9 Å². The Kier molecular flexibility index (Phi) is 4.75. The van der Waals surface area contributed by atoms with E-state index in [4.69, 9.17) is 4.74 Å². The van der Waals surface area contributed by atoms with Crippen molar-refractivity contribution in [2.45, 2.75) is 44.4 Å². The van der Waals surface area contributed by atoms with E-state index in [0.717, 1.165) is 30.6 Å². The summed E-state index contributed by atoms with van der Waals surface area (Å²) in [6.45, 7) is 2.44. The number of amides is 1. The Morgan fingerprint density at radius 3 is 3.08 bits per heavy atom. The highest BCUT2D eigenvalue weighted by atomic mass is 32.1. The predicted molar refractivity (Wildman–Crippen MR) is 97.6 cm³/mol. The maximum atomic E-state index is 14.3. The van der Waals surface area contributed by atoms with Gasteiger partial charge in [0.25, 0.3) is 5.91 Å². The van der Waals surface area contributed by atoms with Crippen molar-refractivity contribution in [2.24, 2.45) is 0 Å². The van der Waals surface area contributed by atoms with Crippen LogP contribution in [0.4, 0.5) is 4.39 Å². The highest BCUT2D eigenvalue weighted by Gasteiger charge is 2.36. The van der Waals surface area contributed by atoms with Gasteiger partial charge in [0.05, 0.1) is 11.5 Å². The van der Waals surface area contributed by atoms with Gasteiger partial charge in [0.15, 0.2) is 0 Å². The van der Waals surface area contributed by atoms with Crippen LogP contribution in [0.5, 0.6) is 0 Å². The lowest BCUT2D eigenvalue weighted by atomic mass is 9.99. The number of benzene rings is 1. The second-order valence-corrected chi connectivity index (χ2v) is 7.98. The van der Waals surface area contributed by atoms with Crippen molar-refractivity contribution in [3.63, 3.8) is 0 Å². The molecule has 0 unspecified atom stereocenters. The van der Waals surface area contributed by atoms with E-state index >= 15 is 0 Å². The molecule has 0 aliphatic carbocycles. The zero-order chi connectivity index (χ0) is 17.4. The molecular weight excluding hydrogens is 339 g/mol. The van der Waals surface area contributed by atoms with Crippen LogP contribution in [0.3, 0.4) is 0 Å². The van der Waals surface area contributed by atoms with Gasteiger partial charge in [0.2, 0.25) is 0 Å². The number of hydrogen-bond acceptors (Lipinski definition) is 4. The van der Waals surface area contributed by atoms with Crippen molar-refractivity contribution >= 4 is 27.3 Å². The van der Waals surface area contributed by atoms with Crippen LogP contribution in [0.15, 0.2) is 18.2 Å². The van der Waals surface area contributed by atoms with Crippen LogP contribution in [0.25, 0.3) is 10.1 Å². The number of rotatable bonds is 4. The Morgan fingerprint density at radius 2 is 2.24 bits per heavy atom. The first kappa shape index (κ1) is 16.9. The number of methoxy groups -OCH3 is 1. The molecule has 3 heterocycles. The van der Waals surface area contributed by atoms with Crippen LogP contribution in [-0.4, -0.2) is 43.1 Å². The van der Waals surface area contributed by atoms with Crippen molar-refractivity contribution in [2.75, 3.05) is 20.2 Å². The Bertz CT molecular complexity index is 791.